The van der Waals surface area contributed by atoms with Crippen molar-refractivity contribution in [2.24, 2.45) is 34.4 Å². The van der Waals surface area contributed by atoms with Crippen molar-refractivity contribution in [3.8, 4) is 142 Å². The third-order valence-corrected chi connectivity index (χ3v) is 24.1. The summed E-state index contributed by atoms with van der Waals surface area (Å²) >= 11 is 67.7. The number of hydrogen-bond acceptors (Lipinski definition) is 19. The predicted molar refractivity (Wildman–Crippen MR) is 504 cm³/mol. The summed E-state index contributed by atoms with van der Waals surface area (Å²) in [6, 6.07) is 36.5. The van der Waals surface area contributed by atoms with E-state index in [0.29, 0.717) is 146 Å². The maximum atomic E-state index is 13.9. The molecule has 0 radical (unpaired) electrons. The Balaban J connectivity index is 0.000000141. The van der Waals surface area contributed by atoms with Gasteiger partial charge in [-0.3, -0.25) is 0 Å². The van der Waals surface area contributed by atoms with E-state index in [0.717, 1.165) is 59.7 Å². The second-order valence-electron chi connectivity index (χ2n) is 30.7. The van der Waals surface area contributed by atoms with Crippen LogP contribution in [0.2, 0.25) is 55.2 Å². The van der Waals surface area contributed by atoms with Crippen molar-refractivity contribution in [2.75, 3.05) is 78.9 Å². The Morgan fingerprint density at radius 2 is 0.525 bits per heavy atom. The normalized spacial score (nSPS) is 16.7. The second kappa shape index (κ2) is 45.3. The van der Waals surface area contributed by atoms with E-state index in [1.54, 1.807) is 24.3 Å². The zero-order valence-electron chi connectivity index (χ0n) is 71.3. The van der Waals surface area contributed by atoms with Gasteiger partial charge >= 0.3 is 18.5 Å². The topological polar surface area (TPSA) is 291 Å². The first-order valence-electron chi connectivity index (χ1n) is 41.0. The minimum atomic E-state index is -4.98. The molecule has 0 saturated heterocycles. The summed E-state index contributed by atoms with van der Waals surface area (Å²) in [5, 5.41) is 11.1. The SMILES string of the molecule is Cc1cc(Cl)c(-c2cc(F)cc3c2O[C@@H](CN)CO3)c(Cl)c1.N#Cc1cc(Cl)c(-c2cccc3c2O[C@@H](CN)CO3)c(Cl)c1.NC[C@H]1COc2cc(F)cc(-c3c(Cl)cc(C(F)(F)F)cc3Cl)c2O1.NC[C@H]1COc2cc(F)cc(-c3c(Cl)cc(Cl)cc3Cl)c2O1.NC[C@H]1COc2cc(F)cc(-c3c(Cl)cc(F)cc3Cl)c2O1.NC[C@H]1COc2cccc(-c3c(C(F)(F)F)cccc3C(F)(F)F)c2O1. The van der Waals surface area contributed by atoms with Gasteiger partial charge < -0.3 is 91.2 Å². The van der Waals surface area contributed by atoms with E-state index >= 15 is 0 Å². The molecule has 12 N–H and O–H groups in total. The van der Waals surface area contributed by atoms with Crippen LogP contribution >= 0.6 is 128 Å². The molecule has 0 unspecified atom stereocenters. The van der Waals surface area contributed by atoms with Crippen LogP contribution in [0.1, 0.15) is 27.8 Å². The quantitative estimate of drug-likeness (QED) is 0.0620. The molecule has 0 aliphatic carbocycles. The standard InChI is InChI=1S/C17H13F6NO2.C16H11Cl2F4NO2.C16H14Cl2FNO2.C16H12Cl2N2O2.C15H11Cl3FNO2.C15H11Cl2F2NO2/c18-16(19,20)11-4-2-5-12(17(21,22)23)14(11)10-3-1-6-13-15(10)26-9(7-24)8-25-13;17-11-1-7(16(20,21)22)2-12(18)14(11)10-3-8(19)4-13-15(10)25-9(5-23)6-24-13;1-8-2-12(17)15(13(18)3-8)11-4-9(19)5-14-16(11)22-10(6-20)7-21-14;17-12-4-9(6-19)5-13(18)15(12)11-2-1-3-14-16(11)22-10(7-20)8-21-14;16-7-1-11(17)14(12(18)2-7)10-3-8(19)4-13-15(10)22-9(5-20)6-21-13;16-11-2-8(19)3-12(17)14(11)10-1-7(18)4-13-15(10)22-9(5-20)6-21-13/h1-6,9H,7-8,24H2;1-4,9H,5-6,23H2;2-5,10H,6-7,20H2,1H3;1-5,10H,7-8,20H2;2*1-4,9H,5-6,20H2/t2*9-;2*10-;2*9-/m000000/s1. The second-order valence-corrected chi connectivity index (χ2v) is 35.2. The molecule has 6 aliphatic heterocycles. The minimum absolute atomic E-state index is 0.000813. The highest BCUT2D eigenvalue weighted by molar-refractivity contribution is 6.43. The summed E-state index contributed by atoms with van der Waals surface area (Å²) in [4.78, 5) is 0. The highest BCUT2D eigenvalue weighted by Gasteiger charge is 2.44. The van der Waals surface area contributed by atoms with E-state index in [4.69, 9.17) is 224 Å². The number of para-hydroxylation sites is 2. The predicted octanol–water partition coefficient (Wildman–Crippen LogP) is 25.8. The number of rotatable bonds is 12. The van der Waals surface area contributed by atoms with Gasteiger partial charge in [-0.15, -0.1) is 0 Å². The molecule has 139 heavy (non-hydrogen) atoms. The fourth-order valence-electron chi connectivity index (χ4n) is 14.6. The molecule has 12 aromatic rings. The van der Waals surface area contributed by atoms with Crippen LogP contribution in [0.4, 0.5) is 61.5 Å². The van der Waals surface area contributed by atoms with Gasteiger partial charge in [0.25, 0.3) is 0 Å². The summed E-state index contributed by atoms with van der Waals surface area (Å²) in [5.41, 5.74) is 33.5. The van der Waals surface area contributed by atoms with E-state index in [1.807, 2.05) is 31.2 Å². The number of hydrogen-bond donors (Lipinski definition) is 6. The lowest BCUT2D eigenvalue weighted by Crippen LogP contribution is -2.36. The van der Waals surface area contributed by atoms with Gasteiger partial charge in [0.1, 0.15) is 105 Å². The third kappa shape index (κ3) is 24.7. The van der Waals surface area contributed by atoms with Crippen molar-refractivity contribution in [3.05, 3.63) is 276 Å². The van der Waals surface area contributed by atoms with E-state index in [-0.39, 0.29) is 155 Å². The zero-order valence-corrected chi connectivity index (χ0v) is 79.6. The molecule has 0 aromatic heterocycles. The van der Waals surface area contributed by atoms with Crippen molar-refractivity contribution in [1.29, 1.82) is 5.26 Å². The number of benzene rings is 12. The average Bonchev–Trinajstić information content (AvgIpc) is 0.795. The molecule has 6 heterocycles. The first-order valence-corrected chi connectivity index (χ1v) is 45.2. The van der Waals surface area contributed by atoms with Gasteiger partial charge in [0.2, 0.25) is 0 Å². The number of nitrogens with two attached hydrogens (primary N) is 6. The summed E-state index contributed by atoms with van der Waals surface area (Å²) in [5.74, 6) is 0.510. The monoisotopic (exact) mass is 2150 g/mol. The van der Waals surface area contributed by atoms with E-state index in [1.165, 1.54) is 60.7 Å². The molecule has 44 heteroatoms. The Kier molecular flexibility index (Phi) is 34.6. The first kappa shape index (κ1) is 106. The number of alkyl halides is 9. The van der Waals surface area contributed by atoms with Gasteiger partial charge in [0.05, 0.1) is 78.5 Å². The molecule has 0 fully saturated rings. The first-order chi connectivity index (χ1) is 65.9. The van der Waals surface area contributed by atoms with E-state index < -0.39 is 82.1 Å². The fraction of sp³-hybridized carbons (Fsp3) is 0.232. The van der Waals surface area contributed by atoms with Gasteiger partial charge in [-0.2, -0.15) is 44.8 Å². The Labute approximate surface area is 838 Å². The van der Waals surface area contributed by atoms with Crippen LogP contribution in [0, 0.1) is 47.3 Å². The zero-order chi connectivity index (χ0) is 101. The minimum Gasteiger partial charge on any atom is -0.486 e. The van der Waals surface area contributed by atoms with Crippen molar-refractivity contribution >= 4 is 128 Å². The molecule has 734 valence electrons. The molecule has 0 saturated carbocycles. The molecule has 0 amide bonds. The highest BCUT2D eigenvalue weighted by atomic mass is 35.5. The number of nitrogens with zero attached hydrogens (tertiary/aromatic N) is 1. The summed E-state index contributed by atoms with van der Waals surface area (Å²) < 4.78 is 255. The van der Waals surface area contributed by atoms with Gasteiger partial charge in [-0.25, -0.2) is 22.0 Å². The number of nitriles is 1. The lowest BCUT2D eigenvalue weighted by molar-refractivity contribution is -0.142. The Hall–Kier alpha value is -10.3. The Bertz CT molecular complexity index is 6210. The molecule has 19 nitrogen and oxygen atoms in total. The highest BCUT2D eigenvalue weighted by Crippen LogP contribution is 2.56. The van der Waals surface area contributed by atoms with Crippen LogP contribution in [0.15, 0.2) is 164 Å². The fourth-order valence-corrected chi connectivity index (χ4v) is 18.5. The number of fused-ring (bicyclic) bond motifs is 6. The Morgan fingerprint density at radius 3 is 0.806 bits per heavy atom. The largest absolute Gasteiger partial charge is 0.486 e. The molecule has 6 atom stereocenters. The maximum Gasteiger partial charge on any atom is 0.417 e. The number of ether oxygens (including phenoxy) is 12. The van der Waals surface area contributed by atoms with Crippen molar-refractivity contribution < 1.29 is 118 Å². The molecule has 0 bridgehead atoms. The molecule has 6 aliphatic rings. The van der Waals surface area contributed by atoms with E-state index in [2.05, 4.69) is 0 Å². The van der Waals surface area contributed by atoms with Crippen molar-refractivity contribution in [1.82, 2.24) is 0 Å². The maximum absolute atomic E-state index is 13.9. The van der Waals surface area contributed by atoms with Crippen LogP contribution < -0.4 is 91.2 Å². The van der Waals surface area contributed by atoms with Crippen molar-refractivity contribution in [2.45, 2.75) is 62.1 Å². The smallest absolute Gasteiger partial charge is 0.417 e. The summed E-state index contributed by atoms with van der Waals surface area (Å²) in [6.45, 7) is 4.53. The molecular formula is C95H72Cl11F14N7O12. The van der Waals surface area contributed by atoms with Crippen LogP contribution in [0.25, 0.3) is 66.8 Å². The van der Waals surface area contributed by atoms with Gasteiger partial charge in [0.15, 0.2) is 69.0 Å². The van der Waals surface area contributed by atoms with Crippen LogP contribution in [-0.4, -0.2) is 116 Å². The van der Waals surface area contributed by atoms with Gasteiger partial charge in [0, 0.05) is 135 Å². The van der Waals surface area contributed by atoms with Gasteiger partial charge in [-0.05, 0) is 122 Å². The molecule has 18 rings (SSSR count). The average molecular weight is 2160 g/mol. The van der Waals surface area contributed by atoms with Gasteiger partial charge in [-0.1, -0.05) is 158 Å². The Morgan fingerprint density at radius 1 is 0.288 bits per heavy atom. The number of halogens is 25. The summed E-state index contributed by atoms with van der Waals surface area (Å²) in [7, 11) is 0. The van der Waals surface area contributed by atoms with Crippen LogP contribution in [0.5, 0.6) is 69.0 Å². The molecular weight excluding hydrogens is 2090 g/mol. The third-order valence-electron chi connectivity index (χ3n) is 20.9. The summed E-state index contributed by atoms with van der Waals surface area (Å²) in [6.07, 6.45) is -16.9. The van der Waals surface area contributed by atoms with Crippen molar-refractivity contribution in [3.63, 3.8) is 0 Å². The van der Waals surface area contributed by atoms with Crippen LogP contribution in [-0.2, 0) is 18.5 Å². The number of aryl methyl sites for hydroxylation is 1. The lowest BCUT2D eigenvalue weighted by Gasteiger charge is -2.28. The molecule has 12 aromatic carbocycles. The molecule has 0 spiro atoms. The van der Waals surface area contributed by atoms with Crippen LogP contribution in [0.3, 0.4) is 0 Å². The van der Waals surface area contributed by atoms with E-state index in [9.17, 15) is 61.5 Å². The lowest BCUT2D eigenvalue weighted by atomic mass is 9.92.